The molecule has 0 aromatic rings. The quantitative estimate of drug-likeness (QED) is 0.699. The predicted octanol–water partition coefficient (Wildman–Crippen LogP) is 2.11. The van der Waals surface area contributed by atoms with Gasteiger partial charge in [-0.2, -0.15) is 0 Å². The van der Waals surface area contributed by atoms with Crippen LogP contribution in [0, 0.1) is 11.8 Å². The first-order valence-electron chi connectivity index (χ1n) is 6.70. The highest BCUT2D eigenvalue weighted by molar-refractivity contribution is 4.81. The molecule has 0 aromatic heterocycles. The fourth-order valence-corrected chi connectivity index (χ4v) is 2.87. The lowest BCUT2D eigenvalue weighted by atomic mass is 9.92. The molecule has 2 atom stereocenters. The molecule has 1 saturated carbocycles. The molecule has 1 heterocycles. The van der Waals surface area contributed by atoms with Crippen molar-refractivity contribution >= 4 is 0 Å². The molecule has 0 radical (unpaired) electrons. The van der Waals surface area contributed by atoms with Crippen LogP contribution in [0.4, 0.5) is 0 Å². The predicted molar refractivity (Wildman–Crippen MR) is 65.0 cm³/mol. The van der Waals surface area contributed by atoms with Gasteiger partial charge in [-0.05, 0) is 50.6 Å². The van der Waals surface area contributed by atoms with Gasteiger partial charge in [0.2, 0.25) is 0 Å². The molecule has 2 nitrogen and oxygen atoms in total. The summed E-state index contributed by atoms with van der Waals surface area (Å²) in [6, 6.07) is 0.879. The number of nitrogens with zero attached hydrogens (tertiary/aromatic N) is 1. The van der Waals surface area contributed by atoms with Crippen molar-refractivity contribution in [1.82, 2.24) is 10.2 Å². The van der Waals surface area contributed by atoms with Crippen molar-refractivity contribution in [3.63, 3.8) is 0 Å². The highest BCUT2D eigenvalue weighted by Crippen LogP contribution is 2.21. The maximum absolute atomic E-state index is 3.59. The Kier molecular flexibility index (Phi) is 4.04. The van der Waals surface area contributed by atoms with Gasteiger partial charge < -0.3 is 10.2 Å². The Balaban J connectivity index is 1.56. The summed E-state index contributed by atoms with van der Waals surface area (Å²) >= 11 is 0. The Bertz CT molecular complexity index is 179. The van der Waals surface area contributed by atoms with E-state index in [0.717, 1.165) is 17.9 Å². The summed E-state index contributed by atoms with van der Waals surface area (Å²) in [7, 11) is 0. The second-order valence-electron chi connectivity index (χ2n) is 5.79. The molecule has 0 bridgehead atoms. The lowest BCUT2D eigenvalue weighted by Gasteiger charge is -2.34. The Morgan fingerprint density at radius 1 is 1.13 bits per heavy atom. The minimum atomic E-state index is 0.879. The number of hydrogen-bond donors (Lipinski definition) is 1. The summed E-state index contributed by atoms with van der Waals surface area (Å²) < 4.78 is 0. The molecule has 1 aliphatic heterocycles. The van der Waals surface area contributed by atoms with Gasteiger partial charge in [0.05, 0.1) is 0 Å². The Labute approximate surface area is 94.4 Å². The zero-order valence-electron chi connectivity index (χ0n) is 10.3. The van der Waals surface area contributed by atoms with Crippen LogP contribution in [0.15, 0.2) is 0 Å². The van der Waals surface area contributed by atoms with Crippen LogP contribution in [0.2, 0.25) is 0 Å². The van der Waals surface area contributed by atoms with Gasteiger partial charge in [-0.15, -0.1) is 0 Å². The second kappa shape index (κ2) is 5.31. The summed E-state index contributed by atoms with van der Waals surface area (Å²) in [6.45, 7) is 9.97. The maximum Gasteiger partial charge on any atom is 0.00682 e. The van der Waals surface area contributed by atoms with E-state index in [1.54, 1.807) is 0 Å². The van der Waals surface area contributed by atoms with E-state index in [9.17, 15) is 0 Å². The van der Waals surface area contributed by atoms with Gasteiger partial charge in [0.15, 0.2) is 0 Å². The molecule has 2 fully saturated rings. The summed E-state index contributed by atoms with van der Waals surface area (Å²) in [5.74, 6) is 1.82. The molecular formula is C13H26N2. The first-order chi connectivity index (χ1) is 7.24. The van der Waals surface area contributed by atoms with E-state index >= 15 is 0 Å². The highest BCUT2D eigenvalue weighted by Gasteiger charge is 2.22. The van der Waals surface area contributed by atoms with Gasteiger partial charge in [-0.3, -0.25) is 0 Å². The van der Waals surface area contributed by atoms with Crippen molar-refractivity contribution in [2.75, 3.05) is 26.2 Å². The Morgan fingerprint density at radius 2 is 1.80 bits per heavy atom. The standard InChI is InChI=1S/C13H26N2/c1-11-8-12(2)10-15(9-11)7-3-6-14-13-4-5-13/h11-14H,3-10H2,1-2H3. The van der Waals surface area contributed by atoms with Crippen LogP contribution in [0.25, 0.3) is 0 Å². The van der Waals surface area contributed by atoms with E-state index in [0.29, 0.717) is 0 Å². The average molecular weight is 210 g/mol. The monoisotopic (exact) mass is 210 g/mol. The summed E-state index contributed by atoms with van der Waals surface area (Å²) in [6.07, 6.45) is 5.59. The molecule has 2 heteroatoms. The minimum absolute atomic E-state index is 0.879. The van der Waals surface area contributed by atoms with Crippen LogP contribution >= 0.6 is 0 Å². The van der Waals surface area contributed by atoms with Crippen LogP contribution in [0.5, 0.6) is 0 Å². The number of hydrogen-bond acceptors (Lipinski definition) is 2. The fraction of sp³-hybridized carbons (Fsp3) is 1.00. The molecule has 2 aliphatic rings. The third-order valence-corrected chi connectivity index (χ3v) is 3.61. The van der Waals surface area contributed by atoms with E-state index < -0.39 is 0 Å². The summed E-state index contributed by atoms with van der Waals surface area (Å²) in [4.78, 5) is 2.66. The third-order valence-electron chi connectivity index (χ3n) is 3.61. The first-order valence-corrected chi connectivity index (χ1v) is 6.70. The summed E-state index contributed by atoms with van der Waals surface area (Å²) in [5, 5.41) is 3.59. The van der Waals surface area contributed by atoms with Crippen LogP contribution in [-0.4, -0.2) is 37.1 Å². The van der Waals surface area contributed by atoms with Crippen molar-refractivity contribution in [2.24, 2.45) is 11.8 Å². The average Bonchev–Trinajstić information content (AvgIpc) is 2.94. The third kappa shape index (κ3) is 4.12. The molecule has 15 heavy (non-hydrogen) atoms. The van der Waals surface area contributed by atoms with Crippen molar-refractivity contribution in [2.45, 2.75) is 45.6 Å². The Morgan fingerprint density at radius 3 is 2.40 bits per heavy atom. The van der Waals surface area contributed by atoms with Gasteiger partial charge in [0.25, 0.3) is 0 Å². The first kappa shape index (κ1) is 11.4. The van der Waals surface area contributed by atoms with Crippen LogP contribution in [0.3, 0.4) is 0 Å². The molecule has 88 valence electrons. The lowest BCUT2D eigenvalue weighted by molar-refractivity contribution is 0.139. The van der Waals surface area contributed by atoms with Crippen LogP contribution in [-0.2, 0) is 0 Å². The van der Waals surface area contributed by atoms with Crippen molar-refractivity contribution in [1.29, 1.82) is 0 Å². The second-order valence-corrected chi connectivity index (χ2v) is 5.79. The van der Waals surface area contributed by atoms with Gasteiger partial charge in [0, 0.05) is 19.1 Å². The maximum atomic E-state index is 3.59. The largest absolute Gasteiger partial charge is 0.314 e. The van der Waals surface area contributed by atoms with Crippen molar-refractivity contribution in [3.05, 3.63) is 0 Å². The van der Waals surface area contributed by atoms with Gasteiger partial charge in [-0.1, -0.05) is 13.8 Å². The number of nitrogens with one attached hydrogen (secondary N) is 1. The molecule has 2 unspecified atom stereocenters. The van der Waals surface area contributed by atoms with Gasteiger partial charge in [0.1, 0.15) is 0 Å². The number of likely N-dealkylation sites (tertiary alicyclic amines) is 1. The fourth-order valence-electron chi connectivity index (χ4n) is 2.87. The van der Waals surface area contributed by atoms with Gasteiger partial charge >= 0.3 is 0 Å². The SMILES string of the molecule is CC1CC(C)CN(CCCNC2CC2)C1. The minimum Gasteiger partial charge on any atom is -0.314 e. The molecular weight excluding hydrogens is 184 g/mol. The Hall–Kier alpha value is -0.0800. The molecule has 1 aliphatic carbocycles. The number of piperidine rings is 1. The van der Waals surface area contributed by atoms with E-state index in [4.69, 9.17) is 0 Å². The topological polar surface area (TPSA) is 15.3 Å². The molecule has 1 saturated heterocycles. The van der Waals surface area contributed by atoms with Crippen molar-refractivity contribution in [3.8, 4) is 0 Å². The zero-order valence-corrected chi connectivity index (χ0v) is 10.3. The molecule has 2 rings (SSSR count). The molecule has 1 N–H and O–H groups in total. The number of rotatable bonds is 5. The van der Waals surface area contributed by atoms with E-state index in [1.807, 2.05) is 0 Å². The smallest absolute Gasteiger partial charge is 0.00682 e. The van der Waals surface area contributed by atoms with E-state index in [2.05, 4.69) is 24.1 Å². The normalized spacial score (nSPS) is 33.2. The van der Waals surface area contributed by atoms with Crippen LogP contribution < -0.4 is 5.32 Å². The van der Waals surface area contributed by atoms with Gasteiger partial charge in [-0.25, -0.2) is 0 Å². The zero-order chi connectivity index (χ0) is 10.7. The van der Waals surface area contributed by atoms with Crippen molar-refractivity contribution < 1.29 is 0 Å². The summed E-state index contributed by atoms with van der Waals surface area (Å²) in [5.41, 5.74) is 0. The molecule has 0 aromatic carbocycles. The molecule has 0 spiro atoms. The lowest BCUT2D eigenvalue weighted by Crippen LogP contribution is -2.39. The van der Waals surface area contributed by atoms with Crippen LogP contribution in [0.1, 0.15) is 39.5 Å². The molecule has 0 amide bonds. The van der Waals surface area contributed by atoms with E-state index in [1.165, 1.54) is 51.9 Å². The highest BCUT2D eigenvalue weighted by atomic mass is 15.1. The van der Waals surface area contributed by atoms with E-state index in [-0.39, 0.29) is 0 Å².